The first-order valence-corrected chi connectivity index (χ1v) is 9.60. The number of likely N-dealkylation sites (tertiary alicyclic amines) is 2. The van der Waals surface area contributed by atoms with Crippen molar-refractivity contribution in [3.8, 4) is 0 Å². The summed E-state index contributed by atoms with van der Waals surface area (Å²) in [6.07, 6.45) is 3.34. The predicted molar refractivity (Wildman–Crippen MR) is 99.6 cm³/mol. The Labute approximate surface area is 159 Å². The maximum Gasteiger partial charge on any atom is 0.317 e. The van der Waals surface area contributed by atoms with Crippen LogP contribution in [0.2, 0.25) is 0 Å². The number of piperidine rings is 1. The Morgan fingerprint density at radius 3 is 2.96 bits per heavy atom. The summed E-state index contributed by atoms with van der Waals surface area (Å²) in [5, 5.41) is 2.84. The summed E-state index contributed by atoms with van der Waals surface area (Å²) >= 11 is 0. The van der Waals surface area contributed by atoms with Crippen molar-refractivity contribution in [1.29, 1.82) is 0 Å². The molecule has 1 aromatic carbocycles. The summed E-state index contributed by atoms with van der Waals surface area (Å²) in [5.41, 5.74) is 0.275. The van der Waals surface area contributed by atoms with Crippen LogP contribution in [0.15, 0.2) is 24.3 Å². The van der Waals surface area contributed by atoms with Crippen molar-refractivity contribution in [2.24, 2.45) is 5.41 Å². The molecule has 6 nitrogen and oxygen atoms in total. The van der Waals surface area contributed by atoms with Gasteiger partial charge in [0.25, 0.3) is 0 Å². The van der Waals surface area contributed by atoms with Crippen molar-refractivity contribution >= 4 is 11.9 Å². The number of nitrogens with one attached hydrogen (secondary N) is 1. The summed E-state index contributed by atoms with van der Waals surface area (Å²) in [4.78, 5) is 29.2. The molecule has 1 atom stereocenters. The van der Waals surface area contributed by atoms with Gasteiger partial charge >= 0.3 is 6.03 Å². The molecule has 1 spiro atoms. The zero-order valence-corrected chi connectivity index (χ0v) is 15.9. The molecule has 0 unspecified atom stereocenters. The molecule has 2 saturated heterocycles. The molecule has 7 heteroatoms. The molecule has 27 heavy (non-hydrogen) atoms. The fourth-order valence-electron chi connectivity index (χ4n) is 4.13. The maximum atomic E-state index is 13.2. The zero-order chi connectivity index (χ0) is 19.3. The van der Waals surface area contributed by atoms with Gasteiger partial charge in [0.15, 0.2) is 0 Å². The molecule has 3 amide bonds. The lowest BCUT2D eigenvalue weighted by Crippen LogP contribution is -2.51. The highest BCUT2D eigenvalue weighted by Gasteiger charge is 2.49. The molecular weight excluding hydrogens is 349 g/mol. The standard InChI is InChI=1S/C20H28FN3O3/c1-27-12-4-10-23-9-3-7-20(18(23)25)8-11-24(15-20)19(26)22-14-16-5-2-6-17(21)13-16/h2,5-6,13H,3-4,7-12,14-15H2,1H3,(H,22,26)/t20-/m1/s1. The normalized spacial score (nSPS) is 22.5. The van der Waals surface area contributed by atoms with Crippen molar-refractivity contribution in [2.45, 2.75) is 32.2 Å². The Morgan fingerprint density at radius 2 is 2.19 bits per heavy atom. The number of amides is 3. The Hall–Kier alpha value is -2.15. The summed E-state index contributed by atoms with van der Waals surface area (Å²) in [6.45, 7) is 3.45. The molecule has 0 bridgehead atoms. The largest absolute Gasteiger partial charge is 0.385 e. The number of hydrogen-bond donors (Lipinski definition) is 1. The van der Waals surface area contributed by atoms with Crippen LogP contribution in [-0.2, 0) is 16.1 Å². The Bertz CT molecular complexity index is 684. The van der Waals surface area contributed by atoms with E-state index in [1.165, 1.54) is 12.1 Å². The minimum absolute atomic E-state index is 0.172. The fraction of sp³-hybridized carbons (Fsp3) is 0.600. The van der Waals surface area contributed by atoms with Crippen LogP contribution in [0.3, 0.4) is 0 Å². The molecule has 0 saturated carbocycles. The van der Waals surface area contributed by atoms with Crippen LogP contribution in [0.1, 0.15) is 31.2 Å². The van der Waals surface area contributed by atoms with Crippen LogP contribution >= 0.6 is 0 Å². The Kier molecular flexibility index (Phi) is 6.31. The number of ether oxygens (including phenoxy) is 1. The molecule has 1 aromatic rings. The van der Waals surface area contributed by atoms with Crippen LogP contribution in [-0.4, -0.2) is 61.6 Å². The van der Waals surface area contributed by atoms with E-state index >= 15 is 0 Å². The monoisotopic (exact) mass is 377 g/mol. The first-order chi connectivity index (χ1) is 13.0. The lowest BCUT2D eigenvalue weighted by molar-refractivity contribution is -0.145. The van der Waals surface area contributed by atoms with Crippen LogP contribution in [0.25, 0.3) is 0 Å². The second kappa shape index (κ2) is 8.69. The smallest absolute Gasteiger partial charge is 0.317 e. The van der Waals surface area contributed by atoms with Gasteiger partial charge in [-0.3, -0.25) is 4.79 Å². The highest BCUT2D eigenvalue weighted by molar-refractivity contribution is 5.85. The average molecular weight is 377 g/mol. The van der Waals surface area contributed by atoms with Crippen LogP contribution < -0.4 is 5.32 Å². The van der Waals surface area contributed by atoms with Crippen molar-refractivity contribution in [3.05, 3.63) is 35.6 Å². The molecule has 2 aliphatic heterocycles. The van der Waals surface area contributed by atoms with Gasteiger partial charge in [0, 0.05) is 46.4 Å². The minimum atomic E-state index is -0.443. The van der Waals surface area contributed by atoms with Crippen molar-refractivity contribution in [3.63, 3.8) is 0 Å². The number of halogens is 1. The summed E-state index contributed by atoms with van der Waals surface area (Å²) in [6, 6.07) is 6.00. The lowest BCUT2D eigenvalue weighted by Gasteiger charge is -2.39. The van der Waals surface area contributed by atoms with Gasteiger partial charge in [0.05, 0.1) is 5.41 Å². The summed E-state index contributed by atoms with van der Waals surface area (Å²) in [5.74, 6) is -0.145. The van der Waals surface area contributed by atoms with E-state index in [0.29, 0.717) is 32.7 Å². The Balaban J connectivity index is 1.54. The Morgan fingerprint density at radius 1 is 1.33 bits per heavy atom. The average Bonchev–Trinajstić information content (AvgIpc) is 3.09. The fourth-order valence-corrected chi connectivity index (χ4v) is 4.13. The number of carbonyl (C=O) groups excluding carboxylic acids is 2. The molecule has 0 radical (unpaired) electrons. The van der Waals surface area contributed by atoms with Gasteiger partial charge in [0.2, 0.25) is 5.91 Å². The minimum Gasteiger partial charge on any atom is -0.385 e. The van der Waals surface area contributed by atoms with Crippen molar-refractivity contribution < 1.29 is 18.7 Å². The van der Waals surface area contributed by atoms with Gasteiger partial charge in [-0.1, -0.05) is 12.1 Å². The maximum absolute atomic E-state index is 13.2. The van der Waals surface area contributed by atoms with Crippen LogP contribution in [0, 0.1) is 11.2 Å². The molecule has 148 valence electrons. The first kappa shape index (κ1) is 19.6. The molecular formula is C20H28FN3O3. The summed E-state index contributed by atoms with van der Waals surface area (Å²) in [7, 11) is 1.66. The third kappa shape index (κ3) is 4.58. The van der Waals surface area contributed by atoms with E-state index in [2.05, 4.69) is 5.32 Å². The van der Waals surface area contributed by atoms with E-state index < -0.39 is 5.41 Å². The number of hydrogen-bond acceptors (Lipinski definition) is 3. The van der Waals surface area contributed by atoms with E-state index in [4.69, 9.17) is 4.74 Å². The molecule has 2 aliphatic rings. The quantitative estimate of drug-likeness (QED) is 0.775. The highest BCUT2D eigenvalue weighted by atomic mass is 19.1. The number of methoxy groups -OCH3 is 1. The zero-order valence-electron chi connectivity index (χ0n) is 15.9. The third-order valence-electron chi connectivity index (χ3n) is 5.57. The van der Waals surface area contributed by atoms with Crippen LogP contribution in [0.5, 0.6) is 0 Å². The molecule has 3 rings (SSSR count). The second-order valence-electron chi connectivity index (χ2n) is 7.48. The topological polar surface area (TPSA) is 61.9 Å². The molecule has 0 aliphatic carbocycles. The lowest BCUT2D eigenvalue weighted by atomic mass is 9.78. The van der Waals surface area contributed by atoms with Gasteiger partial charge < -0.3 is 19.9 Å². The molecule has 2 heterocycles. The third-order valence-corrected chi connectivity index (χ3v) is 5.57. The van der Waals surface area contributed by atoms with Gasteiger partial charge in [-0.2, -0.15) is 0 Å². The van der Waals surface area contributed by atoms with E-state index in [1.807, 2.05) is 4.90 Å². The van der Waals surface area contributed by atoms with Crippen molar-refractivity contribution in [1.82, 2.24) is 15.1 Å². The first-order valence-electron chi connectivity index (χ1n) is 9.60. The number of nitrogens with zero attached hydrogens (tertiary/aromatic N) is 2. The summed E-state index contributed by atoms with van der Waals surface area (Å²) < 4.78 is 18.3. The number of rotatable bonds is 6. The molecule has 0 aromatic heterocycles. The van der Waals surface area contributed by atoms with Crippen molar-refractivity contribution in [2.75, 3.05) is 39.9 Å². The molecule has 2 fully saturated rings. The predicted octanol–water partition coefficient (Wildman–Crippen LogP) is 2.39. The van der Waals surface area contributed by atoms with E-state index in [-0.39, 0.29) is 24.3 Å². The second-order valence-corrected chi connectivity index (χ2v) is 7.48. The number of carbonyl (C=O) groups is 2. The van der Waals surface area contributed by atoms with E-state index in [0.717, 1.165) is 31.4 Å². The highest BCUT2D eigenvalue weighted by Crippen LogP contribution is 2.40. The van der Waals surface area contributed by atoms with Gasteiger partial charge in [-0.15, -0.1) is 0 Å². The van der Waals surface area contributed by atoms with E-state index in [1.54, 1.807) is 24.1 Å². The van der Waals surface area contributed by atoms with Crippen LogP contribution in [0.4, 0.5) is 9.18 Å². The van der Waals surface area contributed by atoms with Gasteiger partial charge in [0.1, 0.15) is 5.82 Å². The SMILES string of the molecule is COCCCN1CCC[C@]2(CCN(C(=O)NCc3cccc(F)c3)C2)C1=O. The number of urea groups is 1. The van der Waals surface area contributed by atoms with Gasteiger partial charge in [-0.25, -0.2) is 9.18 Å². The van der Waals surface area contributed by atoms with Gasteiger partial charge in [-0.05, 0) is 43.4 Å². The number of benzene rings is 1. The molecule has 1 N–H and O–H groups in total. The van der Waals surface area contributed by atoms with E-state index in [9.17, 15) is 14.0 Å².